The first-order valence-electron chi connectivity index (χ1n) is 6.74. The molecule has 0 aromatic heterocycles. The van der Waals surface area contributed by atoms with Crippen LogP contribution < -0.4 is 5.32 Å². The number of hydrogen-bond donors (Lipinski definition) is 2. The Kier molecular flexibility index (Phi) is 4.24. The lowest BCUT2D eigenvalue weighted by Gasteiger charge is -2.10. The smallest absolute Gasteiger partial charge is 0.224 e. The van der Waals surface area contributed by atoms with Crippen LogP contribution >= 0.6 is 0 Å². The van der Waals surface area contributed by atoms with Crippen LogP contribution in [0, 0.1) is 12.8 Å². The Hall–Kier alpha value is -1.51. The van der Waals surface area contributed by atoms with Crippen molar-refractivity contribution in [3.05, 3.63) is 23.8 Å². The number of aromatic hydroxyl groups is 1. The zero-order valence-corrected chi connectivity index (χ0v) is 10.9. The van der Waals surface area contributed by atoms with Crippen molar-refractivity contribution in [2.24, 2.45) is 5.92 Å². The number of carbonyl (C=O) groups excluding carboxylic acids is 1. The van der Waals surface area contributed by atoms with Crippen molar-refractivity contribution in [3.63, 3.8) is 0 Å². The van der Waals surface area contributed by atoms with Crippen LogP contribution in [0.4, 0.5) is 5.69 Å². The van der Waals surface area contributed by atoms with Crippen molar-refractivity contribution in [2.45, 2.75) is 45.4 Å². The van der Waals surface area contributed by atoms with E-state index in [1.165, 1.54) is 25.7 Å². The third-order valence-corrected chi connectivity index (χ3v) is 3.68. The first-order valence-corrected chi connectivity index (χ1v) is 6.74. The molecule has 0 radical (unpaired) electrons. The number of phenols is 1. The fraction of sp³-hybridized carbons (Fsp3) is 0.533. The molecule has 0 heterocycles. The Morgan fingerprint density at radius 3 is 2.78 bits per heavy atom. The van der Waals surface area contributed by atoms with E-state index in [4.69, 9.17) is 0 Å². The van der Waals surface area contributed by atoms with E-state index in [9.17, 15) is 9.90 Å². The molecule has 0 aliphatic heterocycles. The number of phenolic OH excluding ortho intramolecular Hbond substituents is 1. The zero-order valence-electron chi connectivity index (χ0n) is 10.9. The van der Waals surface area contributed by atoms with Crippen LogP contribution in [0.15, 0.2) is 18.2 Å². The highest BCUT2D eigenvalue weighted by Gasteiger charge is 2.16. The Labute approximate surface area is 108 Å². The van der Waals surface area contributed by atoms with Crippen LogP contribution in [-0.2, 0) is 4.79 Å². The highest BCUT2D eigenvalue weighted by atomic mass is 16.3. The first kappa shape index (κ1) is 12.9. The van der Waals surface area contributed by atoms with Gasteiger partial charge in [0.15, 0.2) is 0 Å². The molecule has 1 aliphatic carbocycles. The van der Waals surface area contributed by atoms with Gasteiger partial charge in [-0.2, -0.15) is 0 Å². The fourth-order valence-corrected chi connectivity index (χ4v) is 2.59. The van der Waals surface area contributed by atoms with E-state index in [2.05, 4.69) is 5.32 Å². The van der Waals surface area contributed by atoms with Gasteiger partial charge in [0.05, 0.1) is 5.69 Å². The molecule has 1 aromatic rings. The largest absolute Gasteiger partial charge is 0.506 e. The predicted molar refractivity (Wildman–Crippen MR) is 72.7 cm³/mol. The molecule has 0 atom stereocenters. The Morgan fingerprint density at radius 2 is 2.11 bits per heavy atom. The number of nitrogens with one attached hydrogen (secondary N) is 1. The van der Waals surface area contributed by atoms with Crippen LogP contribution in [0.2, 0.25) is 0 Å². The standard InChI is InChI=1S/C15H21NO2/c1-11-6-8-13(14(17)10-11)16-15(18)9-7-12-4-2-3-5-12/h6,8,10,12,17H,2-5,7,9H2,1H3,(H,16,18). The molecule has 0 saturated heterocycles. The molecule has 1 aliphatic rings. The maximum atomic E-state index is 11.8. The van der Waals surface area contributed by atoms with Crippen molar-refractivity contribution in [3.8, 4) is 5.75 Å². The molecule has 0 spiro atoms. The Bertz CT molecular complexity index is 423. The minimum Gasteiger partial charge on any atom is -0.506 e. The van der Waals surface area contributed by atoms with Gasteiger partial charge >= 0.3 is 0 Å². The van der Waals surface area contributed by atoms with Gasteiger partial charge in [-0.3, -0.25) is 4.79 Å². The van der Waals surface area contributed by atoms with Crippen LogP contribution in [0.5, 0.6) is 5.75 Å². The third-order valence-electron chi connectivity index (χ3n) is 3.68. The second kappa shape index (κ2) is 5.89. The van der Waals surface area contributed by atoms with E-state index < -0.39 is 0 Å². The molecule has 98 valence electrons. The number of aryl methyl sites for hydroxylation is 1. The summed E-state index contributed by atoms with van der Waals surface area (Å²) in [5, 5.41) is 12.5. The molecule has 3 nitrogen and oxygen atoms in total. The molecule has 2 N–H and O–H groups in total. The number of anilines is 1. The molecule has 0 bridgehead atoms. The van der Waals surface area contributed by atoms with Crippen LogP contribution in [0.3, 0.4) is 0 Å². The summed E-state index contributed by atoms with van der Waals surface area (Å²) < 4.78 is 0. The second-order valence-electron chi connectivity index (χ2n) is 5.26. The van der Waals surface area contributed by atoms with Gasteiger partial charge in [0.1, 0.15) is 5.75 Å². The van der Waals surface area contributed by atoms with Gasteiger partial charge in [0, 0.05) is 6.42 Å². The molecule has 0 unspecified atom stereocenters. The van der Waals surface area contributed by atoms with Gasteiger partial charge in [-0.15, -0.1) is 0 Å². The molecular weight excluding hydrogens is 226 g/mol. The Morgan fingerprint density at radius 1 is 1.39 bits per heavy atom. The van der Waals surface area contributed by atoms with Crippen molar-refractivity contribution >= 4 is 11.6 Å². The second-order valence-corrected chi connectivity index (χ2v) is 5.26. The molecule has 18 heavy (non-hydrogen) atoms. The number of benzene rings is 1. The quantitative estimate of drug-likeness (QED) is 0.798. The summed E-state index contributed by atoms with van der Waals surface area (Å²) in [5.74, 6) is 0.868. The molecule has 1 saturated carbocycles. The minimum atomic E-state index is 0.000975. The van der Waals surface area contributed by atoms with Gasteiger partial charge < -0.3 is 10.4 Å². The fourth-order valence-electron chi connectivity index (χ4n) is 2.59. The average Bonchev–Trinajstić information content (AvgIpc) is 2.83. The maximum Gasteiger partial charge on any atom is 0.224 e. The number of rotatable bonds is 4. The van der Waals surface area contributed by atoms with Crippen LogP contribution in [0.25, 0.3) is 0 Å². The third kappa shape index (κ3) is 3.49. The highest BCUT2D eigenvalue weighted by molar-refractivity contribution is 5.92. The molecule has 2 rings (SSSR count). The summed E-state index contributed by atoms with van der Waals surface area (Å²) in [5.41, 5.74) is 1.49. The lowest BCUT2D eigenvalue weighted by Crippen LogP contribution is -2.12. The molecule has 1 aromatic carbocycles. The van der Waals surface area contributed by atoms with Gasteiger partial charge in [-0.05, 0) is 37.0 Å². The van der Waals surface area contributed by atoms with Crippen molar-refractivity contribution in [2.75, 3.05) is 5.32 Å². The van der Waals surface area contributed by atoms with E-state index in [1.807, 2.05) is 13.0 Å². The van der Waals surface area contributed by atoms with Crippen LogP contribution in [-0.4, -0.2) is 11.0 Å². The monoisotopic (exact) mass is 247 g/mol. The SMILES string of the molecule is Cc1ccc(NC(=O)CCC2CCCC2)c(O)c1. The maximum absolute atomic E-state index is 11.8. The molecule has 3 heteroatoms. The average molecular weight is 247 g/mol. The highest BCUT2D eigenvalue weighted by Crippen LogP contribution is 2.29. The summed E-state index contributed by atoms with van der Waals surface area (Å²) in [6, 6.07) is 5.29. The van der Waals surface area contributed by atoms with Crippen LogP contribution in [0.1, 0.15) is 44.1 Å². The summed E-state index contributed by atoms with van der Waals surface area (Å²) in [6.45, 7) is 1.91. The molecule has 1 amide bonds. The molecular formula is C15H21NO2. The van der Waals surface area contributed by atoms with E-state index in [-0.39, 0.29) is 11.7 Å². The van der Waals surface area contributed by atoms with E-state index >= 15 is 0 Å². The number of hydrogen-bond acceptors (Lipinski definition) is 2. The minimum absolute atomic E-state index is 0.000975. The number of amides is 1. The lowest BCUT2D eigenvalue weighted by atomic mass is 10.0. The number of carbonyl (C=O) groups is 1. The Balaban J connectivity index is 1.82. The summed E-state index contributed by atoms with van der Waals surface area (Å²) in [4.78, 5) is 11.8. The summed E-state index contributed by atoms with van der Waals surface area (Å²) in [6.07, 6.45) is 6.68. The summed E-state index contributed by atoms with van der Waals surface area (Å²) >= 11 is 0. The van der Waals surface area contributed by atoms with Gasteiger partial charge in [0.25, 0.3) is 0 Å². The van der Waals surface area contributed by atoms with Crippen molar-refractivity contribution in [1.29, 1.82) is 0 Å². The topological polar surface area (TPSA) is 49.3 Å². The normalized spacial score (nSPS) is 15.8. The lowest BCUT2D eigenvalue weighted by molar-refractivity contribution is -0.116. The van der Waals surface area contributed by atoms with Crippen molar-refractivity contribution in [1.82, 2.24) is 0 Å². The summed E-state index contributed by atoms with van der Waals surface area (Å²) in [7, 11) is 0. The first-order chi connectivity index (χ1) is 8.65. The predicted octanol–water partition coefficient (Wildman–Crippen LogP) is 3.61. The van der Waals surface area contributed by atoms with Gasteiger partial charge in [-0.1, -0.05) is 31.7 Å². The van der Waals surface area contributed by atoms with E-state index in [1.54, 1.807) is 12.1 Å². The van der Waals surface area contributed by atoms with Gasteiger partial charge in [-0.25, -0.2) is 0 Å². The van der Waals surface area contributed by atoms with E-state index in [0.29, 0.717) is 12.1 Å². The van der Waals surface area contributed by atoms with Crippen molar-refractivity contribution < 1.29 is 9.90 Å². The van der Waals surface area contributed by atoms with E-state index in [0.717, 1.165) is 17.9 Å². The molecule has 1 fully saturated rings. The zero-order chi connectivity index (χ0) is 13.0. The van der Waals surface area contributed by atoms with Gasteiger partial charge in [0.2, 0.25) is 5.91 Å².